The number of hydrogen-bond donors (Lipinski definition) is 2. The molecule has 0 spiro atoms. The summed E-state index contributed by atoms with van der Waals surface area (Å²) in [5, 5.41) is 8.84. The van der Waals surface area contributed by atoms with Gasteiger partial charge < -0.3 is 15.6 Å². The number of halogens is 4. The van der Waals surface area contributed by atoms with Gasteiger partial charge in [-0.15, -0.1) is 13.2 Å². The second-order valence-corrected chi connectivity index (χ2v) is 5.53. The van der Waals surface area contributed by atoms with Gasteiger partial charge in [-0.2, -0.15) is 0 Å². The van der Waals surface area contributed by atoms with Crippen molar-refractivity contribution in [3.63, 3.8) is 0 Å². The molecule has 126 valence electrons. The minimum Gasteiger partial charge on any atom is -0.403 e. The molecule has 0 aromatic heterocycles. The highest BCUT2D eigenvalue weighted by atomic mass is 19.4. The van der Waals surface area contributed by atoms with E-state index in [2.05, 4.69) is 4.74 Å². The summed E-state index contributed by atoms with van der Waals surface area (Å²) in [6, 6.07) is 2.25. The maximum atomic E-state index is 14.1. The predicted octanol–water partition coefficient (Wildman–Crippen LogP) is 3.49. The van der Waals surface area contributed by atoms with Gasteiger partial charge in [0.2, 0.25) is 0 Å². The van der Waals surface area contributed by atoms with Crippen molar-refractivity contribution in [2.75, 3.05) is 6.61 Å². The van der Waals surface area contributed by atoms with E-state index in [1.807, 2.05) is 0 Å². The van der Waals surface area contributed by atoms with Gasteiger partial charge in [-0.05, 0) is 42.4 Å². The first kappa shape index (κ1) is 18.7. The monoisotopic (exact) mass is 323 g/mol. The standard InChI is InChI=1S/C15H21F4NO2/c1-9(2)12-6-10(4-3-5-11(20)8-21)7-13(14(12)16)22-15(17,18)19/h6-7,9,11,21H,3-5,8,20H2,1-2H3/t11-/m1/s1. The number of nitrogens with two attached hydrogens (primary N) is 1. The van der Waals surface area contributed by atoms with Gasteiger partial charge in [0.05, 0.1) is 6.61 Å². The third-order valence-electron chi connectivity index (χ3n) is 3.25. The van der Waals surface area contributed by atoms with Crippen LogP contribution >= 0.6 is 0 Å². The fourth-order valence-corrected chi connectivity index (χ4v) is 2.10. The van der Waals surface area contributed by atoms with Crippen LogP contribution in [0.25, 0.3) is 0 Å². The molecule has 1 rings (SSSR count). The van der Waals surface area contributed by atoms with E-state index in [4.69, 9.17) is 10.8 Å². The third-order valence-corrected chi connectivity index (χ3v) is 3.25. The second-order valence-electron chi connectivity index (χ2n) is 5.53. The molecule has 0 bridgehead atoms. The predicted molar refractivity (Wildman–Crippen MR) is 75.2 cm³/mol. The molecule has 1 aromatic carbocycles. The Balaban J connectivity index is 2.97. The number of alkyl halides is 3. The molecule has 0 aliphatic carbocycles. The molecule has 0 heterocycles. The summed E-state index contributed by atoms with van der Waals surface area (Å²) < 4.78 is 54.9. The van der Waals surface area contributed by atoms with Crippen LogP contribution in [-0.2, 0) is 6.42 Å². The Morgan fingerprint density at radius 2 is 1.91 bits per heavy atom. The zero-order valence-corrected chi connectivity index (χ0v) is 12.6. The van der Waals surface area contributed by atoms with Crippen molar-refractivity contribution in [2.45, 2.75) is 51.4 Å². The number of benzene rings is 1. The minimum absolute atomic E-state index is 0.150. The van der Waals surface area contributed by atoms with Gasteiger partial charge in [0.1, 0.15) is 0 Å². The first-order chi connectivity index (χ1) is 10.1. The van der Waals surface area contributed by atoms with Crippen LogP contribution in [0.4, 0.5) is 17.6 Å². The van der Waals surface area contributed by atoms with E-state index in [-0.39, 0.29) is 24.1 Å². The van der Waals surface area contributed by atoms with Gasteiger partial charge in [-0.3, -0.25) is 0 Å². The lowest BCUT2D eigenvalue weighted by atomic mass is 9.96. The fraction of sp³-hybridized carbons (Fsp3) is 0.600. The van der Waals surface area contributed by atoms with Gasteiger partial charge in [-0.25, -0.2) is 4.39 Å². The van der Waals surface area contributed by atoms with Gasteiger partial charge >= 0.3 is 6.36 Å². The van der Waals surface area contributed by atoms with Crippen LogP contribution in [0.3, 0.4) is 0 Å². The van der Waals surface area contributed by atoms with Crippen LogP contribution in [0.5, 0.6) is 5.75 Å². The van der Waals surface area contributed by atoms with Crippen molar-refractivity contribution >= 4 is 0 Å². The van der Waals surface area contributed by atoms with Crippen LogP contribution in [0.15, 0.2) is 12.1 Å². The lowest BCUT2D eigenvalue weighted by Crippen LogP contribution is -2.24. The van der Waals surface area contributed by atoms with Gasteiger partial charge in [0.15, 0.2) is 11.6 Å². The summed E-state index contributed by atoms with van der Waals surface area (Å²) in [5.41, 5.74) is 6.30. The number of aryl methyl sites for hydroxylation is 1. The van der Waals surface area contributed by atoms with Crippen molar-refractivity contribution < 1.29 is 27.4 Å². The number of rotatable bonds is 7. The molecule has 0 amide bonds. The molecule has 0 fully saturated rings. The smallest absolute Gasteiger partial charge is 0.403 e. The molecule has 22 heavy (non-hydrogen) atoms. The van der Waals surface area contributed by atoms with E-state index in [1.54, 1.807) is 19.9 Å². The molecule has 0 unspecified atom stereocenters. The quantitative estimate of drug-likeness (QED) is 0.755. The average Bonchev–Trinajstić information content (AvgIpc) is 2.39. The first-order valence-corrected chi connectivity index (χ1v) is 7.08. The highest BCUT2D eigenvalue weighted by Crippen LogP contribution is 2.32. The molecule has 1 atom stereocenters. The normalized spacial score (nSPS) is 13.5. The summed E-state index contributed by atoms with van der Waals surface area (Å²) in [5.74, 6) is -2.06. The molecule has 1 aromatic rings. The Hall–Kier alpha value is -1.34. The van der Waals surface area contributed by atoms with Crippen molar-refractivity contribution in [3.8, 4) is 5.75 Å². The molecule has 0 radical (unpaired) electrons. The van der Waals surface area contributed by atoms with Crippen molar-refractivity contribution in [3.05, 3.63) is 29.1 Å². The van der Waals surface area contributed by atoms with E-state index < -0.39 is 17.9 Å². The number of aliphatic hydroxyl groups excluding tert-OH is 1. The Bertz CT molecular complexity index is 489. The Labute approximate surface area is 127 Å². The van der Waals surface area contributed by atoms with Crippen LogP contribution < -0.4 is 10.5 Å². The molecule has 0 saturated carbocycles. The lowest BCUT2D eigenvalue weighted by Gasteiger charge is -2.16. The van der Waals surface area contributed by atoms with E-state index >= 15 is 0 Å². The Morgan fingerprint density at radius 1 is 1.27 bits per heavy atom. The van der Waals surface area contributed by atoms with Crippen LogP contribution in [0, 0.1) is 5.82 Å². The molecule has 0 aliphatic rings. The van der Waals surface area contributed by atoms with Crippen molar-refractivity contribution in [1.29, 1.82) is 0 Å². The average molecular weight is 323 g/mol. The van der Waals surface area contributed by atoms with Crippen molar-refractivity contribution in [1.82, 2.24) is 0 Å². The maximum absolute atomic E-state index is 14.1. The fourth-order valence-electron chi connectivity index (χ4n) is 2.10. The molecular formula is C15H21F4NO2. The van der Waals surface area contributed by atoms with Crippen LogP contribution in [-0.4, -0.2) is 24.1 Å². The van der Waals surface area contributed by atoms with Crippen LogP contribution in [0.2, 0.25) is 0 Å². The summed E-state index contributed by atoms with van der Waals surface area (Å²) in [7, 11) is 0. The molecular weight excluding hydrogens is 302 g/mol. The van der Waals surface area contributed by atoms with Gasteiger partial charge in [0.25, 0.3) is 0 Å². The van der Waals surface area contributed by atoms with Crippen LogP contribution in [0.1, 0.15) is 43.7 Å². The van der Waals surface area contributed by atoms with Gasteiger partial charge in [0, 0.05) is 6.04 Å². The molecule has 3 nitrogen and oxygen atoms in total. The lowest BCUT2D eigenvalue weighted by molar-refractivity contribution is -0.275. The molecule has 0 aliphatic heterocycles. The highest BCUT2D eigenvalue weighted by Gasteiger charge is 2.33. The SMILES string of the molecule is CC(C)c1cc(CCC[C@@H](N)CO)cc(OC(F)(F)F)c1F. The zero-order valence-electron chi connectivity index (χ0n) is 12.6. The molecule has 0 saturated heterocycles. The largest absolute Gasteiger partial charge is 0.573 e. The first-order valence-electron chi connectivity index (χ1n) is 7.08. The summed E-state index contributed by atoms with van der Waals surface area (Å²) in [4.78, 5) is 0. The summed E-state index contributed by atoms with van der Waals surface area (Å²) in [6.07, 6.45) is -3.40. The van der Waals surface area contributed by atoms with E-state index in [0.29, 0.717) is 24.8 Å². The topological polar surface area (TPSA) is 55.5 Å². The third kappa shape index (κ3) is 5.81. The molecule has 3 N–H and O–H groups in total. The number of aliphatic hydroxyl groups is 1. The number of ether oxygens (including phenoxy) is 1. The van der Waals surface area contributed by atoms with E-state index in [9.17, 15) is 17.6 Å². The Kier molecular flexibility index (Phi) is 6.62. The summed E-state index contributed by atoms with van der Waals surface area (Å²) in [6.45, 7) is 3.24. The summed E-state index contributed by atoms with van der Waals surface area (Å²) >= 11 is 0. The van der Waals surface area contributed by atoms with Crippen molar-refractivity contribution in [2.24, 2.45) is 5.73 Å². The number of hydrogen-bond acceptors (Lipinski definition) is 3. The van der Waals surface area contributed by atoms with E-state index in [1.165, 1.54) is 0 Å². The van der Waals surface area contributed by atoms with Gasteiger partial charge in [-0.1, -0.05) is 19.9 Å². The zero-order chi connectivity index (χ0) is 16.9. The minimum atomic E-state index is -4.94. The highest BCUT2D eigenvalue weighted by molar-refractivity contribution is 5.38. The molecule has 7 heteroatoms. The Morgan fingerprint density at radius 3 is 2.41 bits per heavy atom. The second kappa shape index (κ2) is 7.78. The maximum Gasteiger partial charge on any atom is 0.573 e. The van der Waals surface area contributed by atoms with E-state index in [0.717, 1.165) is 6.07 Å².